The fourth-order valence-corrected chi connectivity index (χ4v) is 5.17. The van der Waals surface area contributed by atoms with Crippen molar-refractivity contribution in [1.29, 1.82) is 0 Å². The van der Waals surface area contributed by atoms with E-state index in [-0.39, 0.29) is 24.3 Å². The topological polar surface area (TPSA) is 150 Å². The van der Waals surface area contributed by atoms with Crippen molar-refractivity contribution in [3.8, 4) is 0 Å². The van der Waals surface area contributed by atoms with Crippen LogP contribution >= 0.6 is 22.9 Å². The van der Waals surface area contributed by atoms with E-state index in [1.54, 1.807) is 18.2 Å². The standard InChI is InChI=1S/C22H26ClN5O4S2/c1-3-15(6-13(2)23)20(24)16-8-19(33-11-16)21(29)18-9-26-12-27-22(18)28-17-5-4-14(7-17)10-32-34(25,30)31/h3,6,8-9,11-12,14,17,20H,1-2,4-5,7,10,24H2,(H2,25,30,31)(H,26,27,28)/b15-6+/t14-,17+,20?/m1/s1. The number of allylic oxidation sites excluding steroid dienone is 2. The lowest BCUT2D eigenvalue weighted by Crippen LogP contribution is -2.22. The van der Waals surface area contributed by atoms with Gasteiger partial charge in [-0.2, -0.15) is 8.42 Å². The Bertz CT molecular complexity index is 1210. The van der Waals surface area contributed by atoms with Crippen LogP contribution in [-0.4, -0.2) is 36.8 Å². The van der Waals surface area contributed by atoms with Crippen LogP contribution in [-0.2, 0) is 14.5 Å². The van der Waals surface area contributed by atoms with Gasteiger partial charge in [-0.1, -0.05) is 30.8 Å². The van der Waals surface area contributed by atoms with E-state index in [0.717, 1.165) is 18.4 Å². The van der Waals surface area contributed by atoms with Crippen LogP contribution in [0, 0.1) is 5.92 Å². The molecule has 0 radical (unpaired) electrons. The molecule has 0 aliphatic heterocycles. The van der Waals surface area contributed by atoms with Crippen LogP contribution in [0.4, 0.5) is 5.82 Å². The fraction of sp³-hybridized carbons (Fsp3) is 0.318. The number of nitrogens with one attached hydrogen (secondary N) is 1. The number of nitrogens with two attached hydrogens (primary N) is 2. The van der Waals surface area contributed by atoms with Gasteiger partial charge in [-0.25, -0.2) is 15.1 Å². The first-order valence-electron chi connectivity index (χ1n) is 10.4. The van der Waals surface area contributed by atoms with E-state index < -0.39 is 16.3 Å². The van der Waals surface area contributed by atoms with Gasteiger partial charge in [0.05, 0.1) is 23.1 Å². The van der Waals surface area contributed by atoms with Gasteiger partial charge in [0.1, 0.15) is 12.1 Å². The molecule has 0 amide bonds. The van der Waals surface area contributed by atoms with Crippen molar-refractivity contribution in [2.24, 2.45) is 16.8 Å². The molecule has 0 spiro atoms. The van der Waals surface area contributed by atoms with E-state index in [2.05, 4.69) is 28.4 Å². The predicted molar refractivity (Wildman–Crippen MR) is 134 cm³/mol. The van der Waals surface area contributed by atoms with Gasteiger partial charge in [-0.05, 0) is 53.8 Å². The highest BCUT2D eigenvalue weighted by atomic mass is 35.5. The summed E-state index contributed by atoms with van der Waals surface area (Å²) in [5.41, 5.74) is 8.08. The number of hydrogen-bond acceptors (Lipinski definition) is 9. The minimum atomic E-state index is -3.97. The quantitative estimate of drug-likeness (QED) is 0.299. The molecule has 0 aromatic carbocycles. The molecule has 1 aliphatic carbocycles. The Morgan fingerprint density at radius 2 is 2.21 bits per heavy atom. The van der Waals surface area contributed by atoms with E-state index in [1.165, 1.54) is 23.9 Å². The summed E-state index contributed by atoms with van der Waals surface area (Å²) in [5.74, 6) is 0.223. The van der Waals surface area contributed by atoms with E-state index in [9.17, 15) is 13.2 Å². The Morgan fingerprint density at radius 3 is 2.88 bits per heavy atom. The van der Waals surface area contributed by atoms with E-state index in [4.69, 9.17) is 26.7 Å². The van der Waals surface area contributed by atoms with Crippen LogP contribution in [0.1, 0.15) is 46.1 Å². The zero-order valence-electron chi connectivity index (χ0n) is 18.3. The molecule has 182 valence electrons. The molecule has 0 bridgehead atoms. The predicted octanol–water partition coefficient (Wildman–Crippen LogP) is 3.43. The van der Waals surface area contributed by atoms with Crippen molar-refractivity contribution in [3.05, 3.63) is 75.9 Å². The van der Waals surface area contributed by atoms with Crippen molar-refractivity contribution >= 4 is 44.8 Å². The van der Waals surface area contributed by atoms with Gasteiger partial charge < -0.3 is 11.1 Å². The molecule has 2 aromatic heterocycles. The number of carbonyl (C=O) groups is 1. The summed E-state index contributed by atoms with van der Waals surface area (Å²) in [6, 6.07) is 1.23. The first-order chi connectivity index (χ1) is 16.1. The third-order valence-corrected chi connectivity index (χ3v) is 6.95. The highest BCUT2D eigenvalue weighted by Gasteiger charge is 2.28. The first kappa shape index (κ1) is 26.2. The molecule has 0 saturated heterocycles. The molecule has 1 aliphatic rings. The zero-order chi connectivity index (χ0) is 24.9. The SMILES string of the molecule is C=C/C(=C\C(=C)Cl)C(N)c1csc(C(=O)c2cncnc2N[C@H]2CC[C@@H](COS(N)(=O)=O)C2)c1. The van der Waals surface area contributed by atoms with E-state index >= 15 is 0 Å². The number of aromatic nitrogens is 2. The Morgan fingerprint density at radius 1 is 1.44 bits per heavy atom. The molecular formula is C22H26ClN5O4S2. The van der Waals surface area contributed by atoms with Crippen molar-refractivity contribution < 1.29 is 17.4 Å². The lowest BCUT2D eigenvalue weighted by Gasteiger charge is -2.16. The van der Waals surface area contributed by atoms with Crippen LogP contribution in [0.5, 0.6) is 0 Å². The number of thiophene rings is 1. The van der Waals surface area contributed by atoms with Crippen LogP contribution in [0.25, 0.3) is 0 Å². The number of nitrogens with zero attached hydrogens (tertiary/aromatic N) is 2. The summed E-state index contributed by atoms with van der Waals surface area (Å²) in [7, 11) is -3.97. The minimum Gasteiger partial charge on any atom is -0.367 e. The maximum atomic E-state index is 13.3. The van der Waals surface area contributed by atoms with Crippen LogP contribution < -0.4 is 16.2 Å². The number of carbonyl (C=O) groups excluding carboxylic acids is 1. The van der Waals surface area contributed by atoms with Gasteiger partial charge in [0, 0.05) is 17.3 Å². The summed E-state index contributed by atoms with van der Waals surface area (Å²) in [5, 5.41) is 10.3. The second-order valence-electron chi connectivity index (χ2n) is 7.93. The number of halogens is 1. The molecular weight excluding hydrogens is 498 g/mol. The minimum absolute atomic E-state index is 0.00628. The monoisotopic (exact) mass is 523 g/mol. The molecule has 3 rings (SSSR count). The summed E-state index contributed by atoms with van der Waals surface area (Å²) in [6.07, 6.45) is 8.28. The van der Waals surface area contributed by atoms with Crippen molar-refractivity contribution in [2.75, 3.05) is 11.9 Å². The molecule has 34 heavy (non-hydrogen) atoms. The highest BCUT2D eigenvalue weighted by Crippen LogP contribution is 2.31. The second-order valence-corrected chi connectivity index (χ2v) is 10.5. The molecule has 9 nitrogen and oxygen atoms in total. The third-order valence-electron chi connectivity index (χ3n) is 5.43. The second kappa shape index (κ2) is 11.3. The molecule has 1 fully saturated rings. The summed E-state index contributed by atoms with van der Waals surface area (Å²) in [6.45, 7) is 7.43. The molecule has 1 unspecified atom stereocenters. The molecule has 5 N–H and O–H groups in total. The van der Waals surface area contributed by atoms with Crippen LogP contribution in [0.3, 0.4) is 0 Å². The number of anilines is 1. The lowest BCUT2D eigenvalue weighted by atomic mass is 10.0. The Hall–Kier alpha value is -2.41. The van der Waals surface area contributed by atoms with Gasteiger partial charge in [0.15, 0.2) is 0 Å². The summed E-state index contributed by atoms with van der Waals surface area (Å²) in [4.78, 5) is 22.0. The first-order valence-corrected chi connectivity index (χ1v) is 13.1. The lowest BCUT2D eigenvalue weighted by molar-refractivity contribution is 0.104. The van der Waals surface area contributed by atoms with E-state index in [1.807, 2.05) is 5.38 Å². The largest absolute Gasteiger partial charge is 0.367 e. The van der Waals surface area contributed by atoms with Crippen molar-refractivity contribution in [1.82, 2.24) is 9.97 Å². The van der Waals surface area contributed by atoms with E-state index in [0.29, 0.717) is 33.3 Å². The maximum Gasteiger partial charge on any atom is 0.333 e. The maximum absolute atomic E-state index is 13.3. The Balaban J connectivity index is 1.72. The third kappa shape index (κ3) is 7.05. The Kier molecular flexibility index (Phi) is 8.74. The van der Waals surface area contributed by atoms with Crippen molar-refractivity contribution in [2.45, 2.75) is 31.3 Å². The molecule has 12 heteroatoms. The van der Waals surface area contributed by atoms with Crippen LogP contribution in [0.15, 0.2) is 59.9 Å². The van der Waals surface area contributed by atoms with Gasteiger partial charge in [-0.15, -0.1) is 11.3 Å². The number of hydrogen-bond donors (Lipinski definition) is 3. The van der Waals surface area contributed by atoms with Gasteiger partial charge >= 0.3 is 10.3 Å². The van der Waals surface area contributed by atoms with Gasteiger partial charge in [-0.3, -0.25) is 8.98 Å². The average Bonchev–Trinajstić information content (AvgIpc) is 3.45. The fourth-order valence-electron chi connectivity index (χ4n) is 3.77. The number of ketones is 1. The van der Waals surface area contributed by atoms with Crippen LogP contribution in [0.2, 0.25) is 0 Å². The van der Waals surface area contributed by atoms with Gasteiger partial charge in [0.2, 0.25) is 5.78 Å². The zero-order valence-corrected chi connectivity index (χ0v) is 20.7. The molecule has 2 aromatic rings. The summed E-state index contributed by atoms with van der Waals surface area (Å²) < 4.78 is 26.8. The summed E-state index contributed by atoms with van der Waals surface area (Å²) >= 11 is 7.14. The molecule has 3 atom stereocenters. The Labute approximate surface area is 207 Å². The molecule has 2 heterocycles. The van der Waals surface area contributed by atoms with Gasteiger partial charge in [0.25, 0.3) is 0 Å². The van der Waals surface area contributed by atoms with Crippen molar-refractivity contribution in [3.63, 3.8) is 0 Å². The highest BCUT2D eigenvalue weighted by molar-refractivity contribution is 7.84. The molecule has 1 saturated carbocycles. The normalized spacial score (nSPS) is 19.6. The number of rotatable bonds is 11. The average molecular weight is 524 g/mol. The smallest absolute Gasteiger partial charge is 0.333 e.